The normalized spacial score (nSPS) is 32.4. The second-order valence-corrected chi connectivity index (χ2v) is 10.8. The average Bonchev–Trinajstić information content (AvgIpc) is 2.97. The highest BCUT2D eigenvalue weighted by Gasteiger charge is 2.60. The molecule has 4 aliphatic carbocycles. The highest BCUT2D eigenvalue weighted by molar-refractivity contribution is 6.21. The molecule has 5 heteroatoms. The van der Waals surface area contributed by atoms with Crippen LogP contribution in [0.15, 0.2) is 42.5 Å². The molecule has 4 fully saturated rings. The van der Waals surface area contributed by atoms with Gasteiger partial charge in [-0.05, 0) is 86.5 Å². The Bertz CT molecular complexity index is 1150. The minimum absolute atomic E-state index is 0.0770. The van der Waals surface area contributed by atoms with E-state index in [0.717, 1.165) is 24.2 Å². The van der Waals surface area contributed by atoms with Crippen molar-refractivity contribution in [2.45, 2.75) is 50.9 Å². The molecule has 32 heavy (non-hydrogen) atoms. The summed E-state index contributed by atoms with van der Waals surface area (Å²) in [5, 5.41) is 3.14. The summed E-state index contributed by atoms with van der Waals surface area (Å²) in [5.74, 6) is 0.665. The molecule has 2 aromatic carbocycles. The fourth-order valence-corrected chi connectivity index (χ4v) is 7.48. The van der Waals surface area contributed by atoms with Gasteiger partial charge in [-0.2, -0.15) is 0 Å². The molecule has 1 heterocycles. The Balaban J connectivity index is 1.31. The molecule has 164 valence electrons. The number of hydrogen-bond donors (Lipinski definition) is 1. The summed E-state index contributed by atoms with van der Waals surface area (Å²) in [6.07, 6.45) is 6.41. The van der Waals surface area contributed by atoms with Gasteiger partial charge in [0, 0.05) is 12.7 Å². The maximum Gasteiger partial charge on any atom is 0.261 e. The van der Waals surface area contributed by atoms with Crippen LogP contribution in [-0.4, -0.2) is 29.7 Å². The van der Waals surface area contributed by atoms with Crippen molar-refractivity contribution in [3.05, 3.63) is 64.7 Å². The van der Waals surface area contributed by atoms with Gasteiger partial charge in [0.05, 0.1) is 16.5 Å². The summed E-state index contributed by atoms with van der Waals surface area (Å²) in [6, 6.07) is 14.0. The number of carbonyl (C=O) groups excluding carboxylic acids is 3. The van der Waals surface area contributed by atoms with Crippen LogP contribution in [0.5, 0.6) is 0 Å². The highest BCUT2D eigenvalue weighted by Crippen LogP contribution is 2.66. The molecule has 5 aliphatic rings. The predicted octanol–water partition coefficient (Wildman–Crippen LogP) is 4.70. The van der Waals surface area contributed by atoms with Gasteiger partial charge in [0.15, 0.2) is 0 Å². The first-order valence-corrected chi connectivity index (χ1v) is 11.6. The number of nitrogens with zero attached hydrogens (tertiary/aromatic N) is 1. The molecule has 2 unspecified atom stereocenters. The van der Waals surface area contributed by atoms with E-state index in [1.807, 2.05) is 0 Å². The molecule has 7 rings (SSSR count). The topological polar surface area (TPSA) is 66.5 Å². The average molecular weight is 429 g/mol. The first-order valence-electron chi connectivity index (χ1n) is 11.6. The van der Waals surface area contributed by atoms with E-state index in [4.69, 9.17) is 0 Å². The Morgan fingerprint density at radius 2 is 1.59 bits per heavy atom. The zero-order valence-corrected chi connectivity index (χ0v) is 18.6. The molecule has 2 aromatic rings. The van der Waals surface area contributed by atoms with Gasteiger partial charge < -0.3 is 5.32 Å². The molecule has 4 bridgehead atoms. The lowest BCUT2D eigenvalue weighted by atomic mass is 9.42. The van der Waals surface area contributed by atoms with E-state index in [1.165, 1.54) is 37.4 Å². The van der Waals surface area contributed by atoms with Crippen molar-refractivity contribution < 1.29 is 14.4 Å². The van der Waals surface area contributed by atoms with Crippen molar-refractivity contribution in [1.29, 1.82) is 0 Å². The zero-order chi connectivity index (χ0) is 22.3. The first-order chi connectivity index (χ1) is 15.3. The maximum absolute atomic E-state index is 13.7. The number of benzene rings is 2. The van der Waals surface area contributed by atoms with Crippen LogP contribution in [0.2, 0.25) is 0 Å². The van der Waals surface area contributed by atoms with Gasteiger partial charge in [-0.1, -0.05) is 29.8 Å². The number of hydrogen-bond acceptors (Lipinski definition) is 3. The fourth-order valence-electron chi connectivity index (χ4n) is 7.48. The van der Waals surface area contributed by atoms with E-state index in [0.29, 0.717) is 28.7 Å². The Morgan fingerprint density at radius 1 is 0.938 bits per heavy atom. The SMILES string of the molecule is Cc1ccc(C23C[C@@H]4C[C@@H](CC(C(=O)Nc5ccc6c(c5)C(=O)N(C)C6=O)(C4)C2)C3)cc1. The molecule has 4 saturated carbocycles. The minimum Gasteiger partial charge on any atom is -0.326 e. The molecule has 0 aromatic heterocycles. The Hall–Kier alpha value is -2.95. The smallest absolute Gasteiger partial charge is 0.261 e. The summed E-state index contributed by atoms with van der Waals surface area (Å²) >= 11 is 0. The van der Waals surface area contributed by atoms with Crippen molar-refractivity contribution in [3.63, 3.8) is 0 Å². The minimum atomic E-state index is -0.357. The van der Waals surface area contributed by atoms with Gasteiger partial charge in [-0.3, -0.25) is 19.3 Å². The Kier molecular flexibility index (Phi) is 4.02. The molecule has 4 atom stereocenters. The molecule has 0 radical (unpaired) electrons. The number of fused-ring (bicyclic) bond motifs is 1. The summed E-state index contributed by atoms with van der Waals surface area (Å²) in [6.45, 7) is 2.12. The monoisotopic (exact) mass is 428 g/mol. The van der Waals surface area contributed by atoms with E-state index in [1.54, 1.807) is 18.2 Å². The van der Waals surface area contributed by atoms with Gasteiger partial charge in [0.1, 0.15) is 0 Å². The molecular formula is C27H28N2O3. The van der Waals surface area contributed by atoms with Crippen molar-refractivity contribution >= 4 is 23.4 Å². The molecule has 5 nitrogen and oxygen atoms in total. The lowest BCUT2D eigenvalue weighted by Gasteiger charge is -2.61. The van der Waals surface area contributed by atoms with Gasteiger partial charge in [0.25, 0.3) is 11.8 Å². The van der Waals surface area contributed by atoms with Crippen molar-refractivity contribution in [3.8, 4) is 0 Å². The third kappa shape index (κ3) is 2.73. The van der Waals surface area contributed by atoms with Crippen LogP contribution in [-0.2, 0) is 10.2 Å². The molecular weight excluding hydrogens is 400 g/mol. The molecule has 3 amide bonds. The number of aryl methyl sites for hydroxylation is 1. The number of rotatable bonds is 3. The van der Waals surface area contributed by atoms with Crippen LogP contribution < -0.4 is 5.32 Å². The third-order valence-corrected chi connectivity index (χ3v) is 8.55. The molecule has 1 aliphatic heterocycles. The Morgan fingerprint density at radius 3 is 2.28 bits per heavy atom. The van der Waals surface area contributed by atoms with Crippen LogP contribution in [0.3, 0.4) is 0 Å². The highest BCUT2D eigenvalue weighted by atomic mass is 16.2. The Labute approximate surface area is 188 Å². The van der Waals surface area contributed by atoms with E-state index in [2.05, 4.69) is 36.5 Å². The van der Waals surface area contributed by atoms with E-state index in [-0.39, 0.29) is 28.6 Å². The number of anilines is 1. The zero-order valence-electron chi connectivity index (χ0n) is 18.6. The van der Waals surface area contributed by atoms with Crippen LogP contribution >= 0.6 is 0 Å². The van der Waals surface area contributed by atoms with Crippen molar-refractivity contribution in [2.75, 3.05) is 12.4 Å². The van der Waals surface area contributed by atoms with E-state index >= 15 is 0 Å². The maximum atomic E-state index is 13.7. The van der Waals surface area contributed by atoms with Crippen LogP contribution in [0.1, 0.15) is 70.4 Å². The van der Waals surface area contributed by atoms with E-state index < -0.39 is 0 Å². The van der Waals surface area contributed by atoms with Crippen molar-refractivity contribution in [1.82, 2.24) is 4.90 Å². The molecule has 0 saturated heterocycles. The number of amides is 3. The second-order valence-electron chi connectivity index (χ2n) is 10.8. The molecule has 1 N–H and O–H groups in total. The quantitative estimate of drug-likeness (QED) is 0.721. The second kappa shape index (κ2) is 6.53. The summed E-state index contributed by atoms with van der Waals surface area (Å²) in [7, 11) is 1.49. The van der Waals surface area contributed by atoms with Crippen LogP contribution in [0.25, 0.3) is 0 Å². The number of carbonyl (C=O) groups is 3. The van der Waals surface area contributed by atoms with Gasteiger partial charge >= 0.3 is 0 Å². The lowest BCUT2D eigenvalue weighted by Crippen LogP contribution is -2.57. The first kappa shape index (κ1) is 19.7. The molecule has 0 spiro atoms. The third-order valence-electron chi connectivity index (χ3n) is 8.55. The van der Waals surface area contributed by atoms with Crippen molar-refractivity contribution in [2.24, 2.45) is 17.3 Å². The lowest BCUT2D eigenvalue weighted by molar-refractivity contribution is -0.143. The summed E-state index contributed by atoms with van der Waals surface area (Å²) < 4.78 is 0. The standard InChI is InChI=1S/C27H28N2O3/c1-16-3-5-19(6-4-16)26-11-17-9-18(12-26)14-27(13-17,15-26)25(32)28-20-7-8-21-22(10-20)24(31)29(2)23(21)30/h3-8,10,17-18H,9,11-15H2,1-2H3,(H,28,32)/t17-,18+,26?,27?. The largest absolute Gasteiger partial charge is 0.326 e. The van der Waals surface area contributed by atoms with Crippen LogP contribution in [0.4, 0.5) is 5.69 Å². The fraction of sp³-hybridized carbons (Fsp3) is 0.444. The number of imide groups is 1. The van der Waals surface area contributed by atoms with Crippen LogP contribution in [0, 0.1) is 24.2 Å². The summed E-state index contributed by atoms with van der Waals surface area (Å²) in [4.78, 5) is 39.4. The van der Waals surface area contributed by atoms with Gasteiger partial charge in [-0.25, -0.2) is 0 Å². The van der Waals surface area contributed by atoms with Gasteiger partial charge in [-0.15, -0.1) is 0 Å². The van der Waals surface area contributed by atoms with E-state index in [9.17, 15) is 14.4 Å². The summed E-state index contributed by atoms with van der Waals surface area (Å²) in [5.41, 5.74) is 3.77. The number of nitrogens with one attached hydrogen (secondary N) is 1. The van der Waals surface area contributed by atoms with Gasteiger partial charge in [0.2, 0.25) is 5.91 Å². The predicted molar refractivity (Wildman–Crippen MR) is 121 cm³/mol.